The molecule has 0 unspecified atom stereocenters. The Balaban J connectivity index is 2.53. The van der Waals surface area contributed by atoms with Crippen molar-refractivity contribution in [1.82, 2.24) is 10.3 Å². The Labute approximate surface area is 160 Å². The van der Waals surface area contributed by atoms with Gasteiger partial charge in [0.15, 0.2) is 0 Å². The van der Waals surface area contributed by atoms with Gasteiger partial charge in [-0.25, -0.2) is 4.98 Å². The minimum absolute atomic E-state index is 0.00786. The number of carbonyl (C=O) groups excluding carboxylic acids is 1. The van der Waals surface area contributed by atoms with Crippen LogP contribution < -0.4 is 15.8 Å². The molecular formula is C18H17N5O3S. The second-order valence-electron chi connectivity index (χ2n) is 5.21. The Hall–Kier alpha value is -3.27. The molecule has 138 valence electrons. The van der Waals surface area contributed by atoms with Crippen molar-refractivity contribution in [3.05, 3.63) is 35.4 Å². The van der Waals surface area contributed by atoms with Gasteiger partial charge in [-0.05, 0) is 17.7 Å². The van der Waals surface area contributed by atoms with Crippen molar-refractivity contribution in [2.45, 2.75) is 5.03 Å². The summed E-state index contributed by atoms with van der Waals surface area (Å²) in [6.45, 7) is 0.0560. The fourth-order valence-corrected chi connectivity index (χ4v) is 3.15. The first-order chi connectivity index (χ1) is 13.0. The Kier molecular flexibility index (Phi) is 7.00. The van der Waals surface area contributed by atoms with Gasteiger partial charge in [-0.2, -0.15) is 10.5 Å². The number of nitriles is 2. The van der Waals surface area contributed by atoms with E-state index in [1.165, 1.54) is 7.05 Å². The molecule has 9 heteroatoms. The summed E-state index contributed by atoms with van der Waals surface area (Å²) in [4.78, 5) is 15.6. The molecule has 8 nitrogen and oxygen atoms in total. The van der Waals surface area contributed by atoms with Crippen molar-refractivity contribution >= 4 is 23.5 Å². The number of ether oxygens (including phenoxy) is 1. The first-order valence-electron chi connectivity index (χ1n) is 7.86. The second kappa shape index (κ2) is 9.43. The topological polar surface area (TPSA) is 145 Å². The highest BCUT2D eigenvalue weighted by Crippen LogP contribution is 2.36. The van der Waals surface area contributed by atoms with E-state index in [9.17, 15) is 15.3 Å². The SMILES string of the molecule is CNC(=O)CSc1nc(N)c(C#N)c(-c2ccc(OCCO)cc2)c1C#N. The van der Waals surface area contributed by atoms with Crippen LogP contribution in [0.3, 0.4) is 0 Å². The van der Waals surface area contributed by atoms with Gasteiger partial charge >= 0.3 is 0 Å². The van der Waals surface area contributed by atoms with E-state index >= 15 is 0 Å². The highest BCUT2D eigenvalue weighted by atomic mass is 32.2. The minimum atomic E-state index is -0.222. The van der Waals surface area contributed by atoms with Gasteiger partial charge in [0.25, 0.3) is 0 Å². The van der Waals surface area contributed by atoms with Gasteiger partial charge in [-0.3, -0.25) is 4.79 Å². The summed E-state index contributed by atoms with van der Waals surface area (Å²) in [5, 5.41) is 30.7. The third kappa shape index (κ3) is 4.67. The Morgan fingerprint density at radius 2 is 1.96 bits per heavy atom. The monoisotopic (exact) mass is 383 g/mol. The van der Waals surface area contributed by atoms with Crippen LogP contribution >= 0.6 is 11.8 Å². The number of aliphatic hydroxyl groups is 1. The molecule has 2 aromatic rings. The maximum absolute atomic E-state index is 11.5. The van der Waals surface area contributed by atoms with Crippen LogP contribution in [0.5, 0.6) is 5.75 Å². The number of anilines is 1. The first-order valence-corrected chi connectivity index (χ1v) is 8.85. The number of aliphatic hydroxyl groups excluding tert-OH is 1. The number of hydrogen-bond donors (Lipinski definition) is 3. The number of amides is 1. The van der Waals surface area contributed by atoms with Crippen LogP contribution in [-0.2, 0) is 4.79 Å². The molecule has 0 aliphatic rings. The summed E-state index contributed by atoms with van der Waals surface area (Å²) in [5.74, 6) is 0.379. The molecule has 1 aromatic carbocycles. The number of nitrogens with zero attached hydrogens (tertiary/aromatic N) is 3. The molecule has 2 rings (SSSR count). The van der Waals surface area contributed by atoms with Crippen LogP contribution in [0.1, 0.15) is 11.1 Å². The predicted molar refractivity (Wildman–Crippen MR) is 101 cm³/mol. The number of rotatable bonds is 7. The zero-order valence-corrected chi connectivity index (χ0v) is 15.3. The average Bonchev–Trinajstić information content (AvgIpc) is 2.70. The molecule has 0 aliphatic carbocycles. The normalized spacial score (nSPS) is 9.93. The van der Waals surface area contributed by atoms with Crippen molar-refractivity contribution in [2.24, 2.45) is 0 Å². The van der Waals surface area contributed by atoms with E-state index in [1.807, 2.05) is 6.07 Å². The van der Waals surface area contributed by atoms with E-state index < -0.39 is 0 Å². The molecule has 1 amide bonds. The van der Waals surface area contributed by atoms with E-state index in [2.05, 4.69) is 16.4 Å². The molecule has 1 heterocycles. The second-order valence-corrected chi connectivity index (χ2v) is 6.17. The summed E-state index contributed by atoms with van der Waals surface area (Å²) >= 11 is 1.07. The smallest absolute Gasteiger partial charge is 0.230 e. The highest BCUT2D eigenvalue weighted by molar-refractivity contribution is 8.00. The van der Waals surface area contributed by atoms with Crippen LogP contribution in [0, 0.1) is 22.7 Å². The number of nitrogen functional groups attached to an aromatic ring is 1. The lowest BCUT2D eigenvalue weighted by Gasteiger charge is -2.13. The Morgan fingerprint density at radius 3 is 2.52 bits per heavy atom. The number of nitrogens with one attached hydrogen (secondary N) is 1. The molecule has 27 heavy (non-hydrogen) atoms. The molecule has 0 spiro atoms. The average molecular weight is 383 g/mol. The maximum atomic E-state index is 11.5. The number of benzene rings is 1. The molecule has 1 aromatic heterocycles. The molecule has 0 aliphatic heterocycles. The van der Waals surface area contributed by atoms with Gasteiger partial charge in [-0.15, -0.1) is 0 Å². The quantitative estimate of drug-likeness (QED) is 0.606. The summed E-state index contributed by atoms with van der Waals surface area (Å²) in [6.07, 6.45) is 0. The van der Waals surface area contributed by atoms with Gasteiger partial charge in [0.05, 0.1) is 17.9 Å². The summed E-state index contributed by atoms with van der Waals surface area (Å²) in [7, 11) is 1.51. The number of carbonyl (C=O) groups is 1. The lowest BCUT2D eigenvalue weighted by Crippen LogP contribution is -2.20. The Morgan fingerprint density at radius 1 is 1.30 bits per heavy atom. The summed E-state index contributed by atoms with van der Waals surface area (Å²) in [6, 6.07) is 10.8. The van der Waals surface area contributed by atoms with Crippen molar-refractivity contribution < 1.29 is 14.6 Å². The number of aromatic nitrogens is 1. The van der Waals surface area contributed by atoms with Gasteiger partial charge in [0.1, 0.15) is 40.9 Å². The molecule has 0 bridgehead atoms. The number of nitrogens with two attached hydrogens (primary N) is 1. The van der Waals surface area contributed by atoms with E-state index in [-0.39, 0.29) is 46.8 Å². The van der Waals surface area contributed by atoms with Crippen molar-refractivity contribution in [3.8, 4) is 29.0 Å². The van der Waals surface area contributed by atoms with Crippen molar-refractivity contribution in [2.75, 3.05) is 31.7 Å². The molecule has 0 fully saturated rings. The van der Waals surface area contributed by atoms with E-state index in [4.69, 9.17) is 15.6 Å². The fourth-order valence-electron chi connectivity index (χ4n) is 2.28. The molecular weight excluding hydrogens is 366 g/mol. The molecule has 0 saturated heterocycles. The number of hydrogen-bond acceptors (Lipinski definition) is 8. The van der Waals surface area contributed by atoms with Crippen molar-refractivity contribution in [1.29, 1.82) is 10.5 Å². The fraction of sp³-hybridized carbons (Fsp3) is 0.222. The van der Waals surface area contributed by atoms with Crippen molar-refractivity contribution in [3.63, 3.8) is 0 Å². The van der Waals surface area contributed by atoms with E-state index in [1.54, 1.807) is 24.3 Å². The molecule has 0 saturated carbocycles. The predicted octanol–water partition coefficient (Wildman–Crippen LogP) is 1.28. The van der Waals surface area contributed by atoms with Crippen LogP contribution in [0.15, 0.2) is 29.3 Å². The van der Waals surface area contributed by atoms with Crippen LogP contribution in [0.2, 0.25) is 0 Å². The zero-order valence-electron chi connectivity index (χ0n) is 14.5. The Bertz CT molecular complexity index is 917. The molecule has 0 atom stereocenters. The summed E-state index contributed by atoms with van der Waals surface area (Å²) in [5.41, 5.74) is 7.15. The van der Waals surface area contributed by atoms with E-state index in [0.717, 1.165) is 11.8 Å². The van der Waals surface area contributed by atoms with Gasteiger partial charge in [-0.1, -0.05) is 23.9 Å². The standard InChI is InChI=1S/C18H17N5O3S/c1-22-15(25)10-27-18-14(9-20)16(13(8-19)17(21)23-18)11-2-4-12(5-3-11)26-7-6-24/h2-5,24H,6-7,10H2,1H3,(H2,21,23)(H,22,25). The van der Waals surface area contributed by atoms with Crippen LogP contribution in [0.4, 0.5) is 5.82 Å². The molecule has 4 N–H and O–H groups in total. The molecule has 0 radical (unpaired) electrons. The summed E-state index contributed by atoms with van der Waals surface area (Å²) < 4.78 is 5.32. The third-order valence-electron chi connectivity index (χ3n) is 3.54. The van der Waals surface area contributed by atoms with Crippen LogP contribution in [0.25, 0.3) is 11.1 Å². The van der Waals surface area contributed by atoms with Gasteiger partial charge < -0.3 is 20.9 Å². The van der Waals surface area contributed by atoms with Gasteiger partial charge in [0.2, 0.25) is 5.91 Å². The maximum Gasteiger partial charge on any atom is 0.230 e. The van der Waals surface area contributed by atoms with E-state index in [0.29, 0.717) is 16.9 Å². The largest absolute Gasteiger partial charge is 0.491 e. The highest BCUT2D eigenvalue weighted by Gasteiger charge is 2.21. The third-order valence-corrected chi connectivity index (χ3v) is 4.51. The lowest BCUT2D eigenvalue weighted by atomic mass is 9.97. The van der Waals surface area contributed by atoms with Gasteiger partial charge in [0, 0.05) is 12.6 Å². The number of pyridine rings is 1. The first kappa shape index (κ1) is 20.0. The zero-order chi connectivity index (χ0) is 19.8. The lowest BCUT2D eigenvalue weighted by molar-refractivity contribution is -0.118. The van der Waals surface area contributed by atoms with Crippen LogP contribution in [-0.4, -0.2) is 42.0 Å². The number of thioether (sulfide) groups is 1. The minimum Gasteiger partial charge on any atom is -0.491 e.